The predicted molar refractivity (Wildman–Crippen MR) is 60.9 cm³/mol. The molecule has 4 heteroatoms. The summed E-state index contributed by atoms with van der Waals surface area (Å²) in [5.74, 6) is 0.284. The zero-order valence-electron chi connectivity index (χ0n) is 8.70. The molecule has 1 aromatic rings. The molecule has 1 rings (SSSR count). The zero-order valence-corrected chi connectivity index (χ0v) is 10.3. The molecule has 3 nitrogen and oxygen atoms in total. The van der Waals surface area contributed by atoms with Crippen LogP contribution in [0.25, 0.3) is 0 Å². The van der Waals surface area contributed by atoms with Crippen LogP contribution in [0.2, 0.25) is 0 Å². The molecule has 0 aliphatic rings. The van der Waals surface area contributed by atoms with Crippen molar-refractivity contribution < 1.29 is 14.3 Å². The molecular weight excluding hydrogens is 260 g/mol. The van der Waals surface area contributed by atoms with Crippen LogP contribution in [0.15, 0.2) is 28.7 Å². The van der Waals surface area contributed by atoms with Gasteiger partial charge in [0.2, 0.25) is 0 Å². The van der Waals surface area contributed by atoms with Gasteiger partial charge in [0.05, 0.1) is 11.1 Å². The van der Waals surface area contributed by atoms with Crippen LogP contribution < -0.4 is 4.74 Å². The summed E-state index contributed by atoms with van der Waals surface area (Å²) >= 11 is 3.34. The van der Waals surface area contributed by atoms with Gasteiger partial charge in [0.25, 0.3) is 0 Å². The Balaban J connectivity index is 2.62. The summed E-state index contributed by atoms with van der Waals surface area (Å²) < 4.78 is 11.1. The first-order valence-electron chi connectivity index (χ1n) is 4.73. The van der Waals surface area contributed by atoms with E-state index in [-0.39, 0.29) is 5.97 Å². The number of benzene rings is 1. The van der Waals surface area contributed by atoms with Crippen LogP contribution >= 0.6 is 15.9 Å². The quantitative estimate of drug-likeness (QED) is 0.791. The third kappa shape index (κ3) is 3.55. The number of hydrogen-bond donors (Lipinski definition) is 0. The van der Waals surface area contributed by atoms with Crippen LogP contribution in [0.4, 0.5) is 0 Å². The zero-order chi connectivity index (χ0) is 11.3. The smallest absolute Gasteiger partial charge is 0.347 e. The predicted octanol–water partition coefficient (Wildman–Crippen LogP) is 2.78. The lowest BCUT2D eigenvalue weighted by molar-refractivity contribution is -0.150. The van der Waals surface area contributed by atoms with Gasteiger partial charge in [0, 0.05) is 0 Å². The number of ether oxygens (including phenoxy) is 2. The summed E-state index contributed by atoms with van der Waals surface area (Å²) in [6.45, 7) is 3.79. The van der Waals surface area contributed by atoms with Crippen molar-refractivity contribution >= 4 is 21.9 Å². The summed E-state index contributed by atoms with van der Waals surface area (Å²) in [5, 5.41) is 0. The molecule has 0 aliphatic carbocycles. The molecule has 0 heterocycles. The summed E-state index contributed by atoms with van der Waals surface area (Å²) in [6.07, 6.45) is -0.594. The van der Waals surface area contributed by atoms with Crippen molar-refractivity contribution in [3.63, 3.8) is 0 Å². The Hall–Kier alpha value is -1.03. The monoisotopic (exact) mass is 272 g/mol. The minimum atomic E-state index is -0.594. The Morgan fingerprint density at radius 3 is 2.73 bits per heavy atom. The van der Waals surface area contributed by atoms with Gasteiger partial charge in [-0.1, -0.05) is 12.1 Å². The van der Waals surface area contributed by atoms with E-state index in [0.29, 0.717) is 12.4 Å². The number of halogens is 1. The number of carbonyl (C=O) groups excluding carboxylic acids is 1. The summed E-state index contributed by atoms with van der Waals surface area (Å²) in [7, 11) is 0. The maximum atomic E-state index is 11.3. The molecule has 0 saturated carbocycles. The topological polar surface area (TPSA) is 35.5 Å². The van der Waals surface area contributed by atoms with E-state index >= 15 is 0 Å². The fourth-order valence-corrected chi connectivity index (χ4v) is 1.42. The van der Waals surface area contributed by atoms with Gasteiger partial charge >= 0.3 is 5.97 Å². The third-order valence-electron chi connectivity index (χ3n) is 1.76. The van der Waals surface area contributed by atoms with E-state index in [2.05, 4.69) is 15.9 Å². The van der Waals surface area contributed by atoms with Crippen molar-refractivity contribution in [3.05, 3.63) is 28.7 Å². The van der Waals surface area contributed by atoms with E-state index in [4.69, 9.17) is 9.47 Å². The first-order chi connectivity index (χ1) is 7.15. The van der Waals surface area contributed by atoms with Gasteiger partial charge in [0.15, 0.2) is 6.10 Å². The Kier molecular flexibility index (Phi) is 4.62. The van der Waals surface area contributed by atoms with Crippen LogP contribution in [0.3, 0.4) is 0 Å². The van der Waals surface area contributed by atoms with Crippen molar-refractivity contribution in [2.45, 2.75) is 20.0 Å². The molecule has 0 bridgehead atoms. The van der Waals surface area contributed by atoms with Crippen molar-refractivity contribution in [2.75, 3.05) is 6.61 Å². The lowest BCUT2D eigenvalue weighted by Gasteiger charge is -2.14. The minimum absolute atomic E-state index is 0.353. The van der Waals surface area contributed by atoms with Crippen molar-refractivity contribution in [1.29, 1.82) is 0 Å². The molecule has 0 amide bonds. The van der Waals surface area contributed by atoms with Crippen LogP contribution in [-0.4, -0.2) is 18.7 Å². The Labute approximate surface area is 97.5 Å². The second-order valence-electron chi connectivity index (χ2n) is 2.94. The third-order valence-corrected chi connectivity index (χ3v) is 2.41. The van der Waals surface area contributed by atoms with Crippen LogP contribution in [0.5, 0.6) is 5.75 Å². The molecule has 0 unspecified atom stereocenters. The molecule has 1 aromatic carbocycles. The van der Waals surface area contributed by atoms with E-state index in [1.165, 1.54) is 0 Å². The van der Waals surface area contributed by atoms with Crippen LogP contribution in [0, 0.1) is 0 Å². The molecular formula is C11H13BrO3. The summed E-state index contributed by atoms with van der Waals surface area (Å²) in [5.41, 5.74) is 0. The van der Waals surface area contributed by atoms with E-state index in [1.807, 2.05) is 18.2 Å². The van der Waals surface area contributed by atoms with Gasteiger partial charge in [-0.2, -0.15) is 0 Å². The molecule has 82 valence electrons. The highest BCUT2D eigenvalue weighted by molar-refractivity contribution is 9.10. The summed E-state index contributed by atoms with van der Waals surface area (Å²) in [4.78, 5) is 11.3. The molecule has 0 N–H and O–H groups in total. The second kappa shape index (κ2) is 5.75. The van der Waals surface area contributed by atoms with Crippen LogP contribution in [-0.2, 0) is 9.53 Å². The number of rotatable bonds is 4. The first kappa shape index (κ1) is 12.0. The molecule has 0 aliphatic heterocycles. The fraction of sp³-hybridized carbons (Fsp3) is 0.364. The molecule has 0 saturated heterocycles. The largest absolute Gasteiger partial charge is 0.478 e. The highest BCUT2D eigenvalue weighted by Gasteiger charge is 2.16. The Morgan fingerprint density at radius 1 is 1.47 bits per heavy atom. The van der Waals surface area contributed by atoms with Crippen molar-refractivity contribution in [2.24, 2.45) is 0 Å². The maximum absolute atomic E-state index is 11.3. The normalized spacial score (nSPS) is 11.9. The highest BCUT2D eigenvalue weighted by Crippen LogP contribution is 2.24. The number of hydrogen-bond acceptors (Lipinski definition) is 3. The van der Waals surface area contributed by atoms with Gasteiger partial charge in [-0.05, 0) is 41.9 Å². The SMILES string of the molecule is CCOC(=O)[C@H](C)Oc1ccccc1Br. The van der Waals surface area contributed by atoms with E-state index in [1.54, 1.807) is 19.9 Å². The fourth-order valence-electron chi connectivity index (χ4n) is 1.04. The van der Waals surface area contributed by atoms with Gasteiger partial charge in [0.1, 0.15) is 5.75 Å². The maximum Gasteiger partial charge on any atom is 0.347 e. The Bertz CT molecular complexity index is 338. The lowest BCUT2D eigenvalue weighted by atomic mass is 10.3. The van der Waals surface area contributed by atoms with E-state index in [9.17, 15) is 4.79 Å². The highest BCUT2D eigenvalue weighted by atomic mass is 79.9. The number of esters is 1. The molecule has 1 atom stereocenters. The van der Waals surface area contributed by atoms with Crippen LogP contribution in [0.1, 0.15) is 13.8 Å². The van der Waals surface area contributed by atoms with Crippen molar-refractivity contribution in [1.82, 2.24) is 0 Å². The minimum Gasteiger partial charge on any atom is -0.478 e. The average molecular weight is 273 g/mol. The van der Waals surface area contributed by atoms with Crippen molar-refractivity contribution in [3.8, 4) is 5.75 Å². The molecule has 0 aromatic heterocycles. The van der Waals surface area contributed by atoms with E-state index in [0.717, 1.165) is 4.47 Å². The van der Waals surface area contributed by atoms with E-state index < -0.39 is 6.10 Å². The Morgan fingerprint density at radius 2 is 2.13 bits per heavy atom. The molecule has 15 heavy (non-hydrogen) atoms. The van der Waals surface area contributed by atoms with Gasteiger partial charge < -0.3 is 9.47 Å². The van der Waals surface area contributed by atoms with Gasteiger partial charge in [-0.25, -0.2) is 4.79 Å². The lowest BCUT2D eigenvalue weighted by Crippen LogP contribution is -2.26. The van der Waals surface area contributed by atoms with Gasteiger partial charge in [-0.3, -0.25) is 0 Å². The summed E-state index contributed by atoms with van der Waals surface area (Å²) in [6, 6.07) is 7.37. The standard InChI is InChI=1S/C11H13BrO3/c1-3-14-11(13)8(2)15-10-7-5-4-6-9(10)12/h4-8H,3H2,1-2H3/t8-/m0/s1. The molecule has 0 fully saturated rings. The number of para-hydroxylation sites is 1. The van der Waals surface area contributed by atoms with Gasteiger partial charge in [-0.15, -0.1) is 0 Å². The molecule has 0 spiro atoms. The average Bonchev–Trinajstić information content (AvgIpc) is 2.21. The molecule has 0 radical (unpaired) electrons. The second-order valence-corrected chi connectivity index (χ2v) is 3.80. The first-order valence-corrected chi connectivity index (χ1v) is 5.52. The number of carbonyl (C=O) groups is 1.